The first-order valence-corrected chi connectivity index (χ1v) is 12.1. The van der Waals surface area contributed by atoms with Crippen molar-refractivity contribution in [3.63, 3.8) is 0 Å². The monoisotopic (exact) mass is 453 g/mol. The molecule has 0 atom stereocenters. The Hall–Kier alpha value is -3.50. The fourth-order valence-corrected chi connectivity index (χ4v) is 4.90. The van der Waals surface area contributed by atoms with Gasteiger partial charge in [-0.2, -0.15) is 0 Å². The van der Waals surface area contributed by atoms with E-state index < -0.39 is 0 Å². The van der Waals surface area contributed by atoms with E-state index in [1.54, 1.807) is 24.3 Å². The van der Waals surface area contributed by atoms with E-state index >= 15 is 0 Å². The molecule has 2 N–H and O–H groups in total. The molecule has 34 heavy (non-hydrogen) atoms. The van der Waals surface area contributed by atoms with Gasteiger partial charge in [0.1, 0.15) is 23.9 Å². The lowest BCUT2D eigenvalue weighted by atomic mass is 9.90. The zero-order chi connectivity index (χ0) is 23.3. The van der Waals surface area contributed by atoms with Crippen LogP contribution in [0.3, 0.4) is 0 Å². The molecule has 0 spiro atoms. The first kappa shape index (κ1) is 22.3. The molecule has 4 aromatic rings. The molecular formula is C30H31NO3. The summed E-state index contributed by atoms with van der Waals surface area (Å²) in [6, 6.07) is 25.3. The van der Waals surface area contributed by atoms with E-state index in [0.717, 1.165) is 40.6 Å². The number of phenolic OH excluding ortho intramolecular Hbond substituents is 2. The molecule has 1 aliphatic heterocycles. The Balaban J connectivity index is 1.37. The van der Waals surface area contributed by atoms with Crippen molar-refractivity contribution in [1.82, 2.24) is 4.90 Å². The summed E-state index contributed by atoms with van der Waals surface area (Å²) >= 11 is 0. The molecule has 1 heterocycles. The SMILES string of the molecule is Oc1cccc(-c2ccc3cc(O)ccc3c2Cc2ccc(OCCN3CCCCC3)cc2)c1. The topological polar surface area (TPSA) is 52.9 Å². The van der Waals surface area contributed by atoms with E-state index in [-0.39, 0.29) is 11.5 Å². The molecule has 5 rings (SSSR count). The van der Waals surface area contributed by atoms with Crippen LogP contribution in [0, 0.1) is 0 Å². The summed E-state index contributed by atoms with van der Waals surface area (Å²) in [6.07, 6.45) is 4.69. The van der Waals surface area contributed by atoms with Crippen molar-refractivity contribution < 1.29 is 14.9 Å². The maximum absolute atomic E-state index is 10.0. The van der Waals surface area contributed by atoms with Gasteiger partial charge >= 0.3 is 0 Å². The molecule has 1 saturated heterocycles. The Labute approximate surface area is 201 Å². The van der Waals surface area contributed by atoms with E-state index in [4.69, 9.17) is 4.74 Å². The minimum atomic E-state index is 0.250. The third kappa shape index (κ3) is 5.18. The molecule has 0 saturated carbocycles. The maximum Gasteiger partial charge on any atom is 0.119 e. The zero-order valence-corrected chi connectivity index (χ0v) is 19.4. The van der Waals surface area contributed by atoms with Gasteiger partial charge in [0, 0.05) is 6.54 Å². The van der Waals surface area contributed by atoms with Gasteiger partial charge < -0.3 is 14.9 Å². The molecule has 0 amide bonds. The molecule has 4 heteroatoms. The Kier molecular flexibility index (Phi) is 6.68. The highest BCUT2D eigenvalue weighted by molar-refractivity contribution is 5.93. The second-order valence-electron chi connectivity index (χ2n) is 9.12. The molecule has 0 unspecified atom stereocenters. The van der Waals surface area contributed by atoms with E-state index in [9.17, 15) is 10.2 Å². The number of fused-ring (bicyclic) bond motifs is 1. The van der Waals surface area contributed by atoms with E-state index in [1.165, 1.54) is 43.5 Å². The second-order valence-corrected chi connectivity index (χ2v) is 9.12. The number of hydrogen-bond acceptors (Lipinski definition) is 4. The Morgan fingerprint density at radius 2 is 1.56 bits per heavy atom. The summed E-state index contributed by atoms with van der Waals surface area (Å²) in [5.74, 6) is 1.41. The summed E-state index contributed by atoms with van der Waals surface area (Å²) in [4.78, 5) is 2.49. The highest BCUT2D eigenvalue weighted by Crippen LogP contribution is 2.35. The average Bonchev–Trinajstić information content (AvgIpc) is 2.86. The maximum atomic E-state index is 10.0. The lowest BCUT2D eigenvalue weighted by Gasteiger charge is -2.26. The fourth-order valence-electron chi connectivity index (χ4n) is 4.90. The standard InChI is InChI=1S/C30H31NO3/c32-25-6-4-5-23(20-25)28-13-9-24-21-26(33)10-14-29(24)30(28)19-22-7-11-27(12-8-22)34-18-17-31-15-2-1-3-16-31/h4-14,20-21,32-33H,1-3,15-19H2. The van der Waals surface area contributed by atoms with Crippen LogP contribution in [0.2, 0.25) is 0 Å². The highest BCUT2D eigenvalue weighted by Gasteiger charge is 2.13. The molecular weight excluding hydrogens is 422 g/mol. The van der Waals surface area contributed by atoms with Crippen molar-refractivity contribution in [3.05, 3.63) is 90.0 Å². The van der Waals surface area contributed by atoms with Crippen molar-refractivity contribution in [2.45, 2.75) is 25.7 Å². The van der Waals surface area contributed by atoms with Gasteiger partial charge in [0.05, 0.1) is 0 Å². The molecule has 4 aromatic carbocycles. The van der Waals surface area contributed by atoms with Crippen LogP contribution in [0.4, 0.5) is 0 Å². The normalized spacial score (nSPS) is 14.4. The number of nitrogens with zero attached hydrogens (tertiary/aromatic N) is 1. The van der Waals surface area contributed by atoms with Gasteiger partial charge in [-0.25, -0.2) is 0 Å². The summed E-state index contributed by atoms with van der Waals surface area (Å²) in [7, 11) is 0. The average molecular weight is 454 g/mol. The lowest BCUT2D eigenvalue weighted by molar-refractivity contribution is 0.183. The molecule has 0 bridgehead atoms. The highest BCUT2D eigenvalue weighted by atomic mass is 16.5. The number of ether oxygens (including phenoxy) is 1. The number of piperidine rings is 1. The van der Waals surface area contributed by atoms with Gasteiger partial charge in [0.15, 0.2) is 0 Å². The predicted molar refractivity (Wildman–Crippen MR) is 138 cm³/mol. The first-order valence-electron chi connectivity index (χ1n) is 12.1. The minimum Gasteiger partial charge on any atom is -0.508 e. The van der Waals surface area contributed by atoms with E-state index in [1.807, 2.05) is 24.3 Å². The molecule has 4 nitrogen and oxygen atoms in total. The van der Waals surface area contributed by atoms with Gasteiger partial charge in [-0.1, -0.05) is 48.9 Å². The Morgan fingerprint density at radius 3 is 2.35 bits per heavy atom. The van der Waals surface area contributed by atoms with Crippen LogP contribution >= 0.6 is 0 Å². The minimum absolute atomic E-state index is 0.250. The van der Waals surface area contributed by atoms with Crippen LogP contribution in [-0.4, -0.2) is 41.4 Å². The Morgan fingerprint density at radius 1 is 0.765 bits per heavy atom. The molecule has 1 fully saturated rings. The van der Waals surface area contributed by atoms with E-state index in [0.29, 0.717) is 6.61 Å². The third-order valence-electron chi connectivity index (χ3n) is 6.70. The van der Waals surface area contributed by atoms with Crippen molar-refractivity contribution in [2.75, 3.05) is 26.2 Å². The van der Waals surface area contributed by atoms with Crippen molar-refractivity contribution in [2.24, 2.45) is 0 Å². The van der Waals surface area contributed by atoms with Gasteiger partial charge in [0.2, 0.25) is 0 Å². The predicted octanol–water partition coefficient (Wildman–Crippen LogP) is 6.37. The number of hydrogen-bond donors (Lipinski definition) is 2. The van der Waals surface area contributed by atoms with Gasteiger partial charge in [0.25, 0.3) is 0 Å². The third-order valence-corrected chi connectivity index (χ3v) is 6.70. The lowest BCUT2D eigenvalue weighted by Crippen LogP contribution is -2.33. The van der Waals surface area contributed by atoms with Gasteiger partial charge in [-0.15, -0.1) is 0 Å². The summed E-state index contributed by atoms with van der Waals surface area (Å²) in [5.41, 5.74) is 4.41. The van der Waals surface area contributed by atoms with Crippen LogP contribution in [0.25, 0.3) is 21.9 Å². The first-order chi connectivity index (χ1) is 16.7. The van der Waals surface area contributed by atoms with Crippen LogP contribution in [-0.2, 0) is 6.42 Å². The van der Waals surface area contributed by atoms with Crippen LogP contribution in [0.5, 0.6) is 17.2 Å². The van der Waals surface area contributed by atoms with Crippen LogP contribution in [0.15, 0.2) is 78.9 Å². The largest absolute Gasteiger partial charge is 0.508 e. The summed E-state index contributed by atoms with van der Waals surface area (Å²) in [6.45, 7) is 4.07. The number of aromatic hydroxyl groups is 2. The van der Waals surface area contributed by atoms with Crippen molar-refractivity contribution >= 4 is 10.8 Å². The number of phenols is 2. The molecule has 0 aliphatic carbocycles. The number of benzene rings is 4. The quantitative estimate of drug-likeness (QED) is 0.341. The van der Waals surface area contributed by atoms with Crippen LogP contribution < -0.4 is 4.74 Å². The molecule has 174 valence electrons. The second kappa shape index (κ2) is 10.2. The van der Waals surface area contributed by atoms with Crippen LogP contribution in [0.1, 0.15) is 30.4 Å². The number of rotatable bonds is 7. The summed E-state index contributed by atoms with van der Waals surface area (Å²) < 4.78 is 6.01. The molecule has 0 radical (unpaired) electrons. The van der Waals surface area contributed by atoms with E-state index in [2.05, 4.69) is 35.2 Å². The van der Waals surface area contributed by atoms with Gasteiger partial charge in [-0.3, -0.25) is 4.90 Å². The number of likely N-dealkylation sites (tertiary alicyclic amines) is 1. The smallest absolute Gasteiger partial charge is 0.119 e. The summed E-state index contributed by atoms with van der Waals surface area (Å²) in [5, 5.41) is 22.1. The van der Waals surface area contributed by atoms with Crippen molar-refractivity contribution in [1.29, 1.82) is 0 Å². The van der Waals surface area contributed by atoms with Gasteiger partial charge in [-0.05, 0) is 102 Å². The zero-order valence-electron chi connectivity index (χ0n) is 19.4. The fraction of sp³-hybridized carbons (Fsp3) is 0.267. The van der Waals surface area contributed by atoms with Crippen molar-refractivity contribution in [3.8, 4) is 28.4 Å². The molecule has 0 aromatic heterocycles. The molecule has 1 aliphatic rings. The Bertz CT molecular complexity index is 1260.